The van der Waals surface area contributed by atoms with Crippen LogP contribution in [-0.2, 0) is 0 Å². The lowest BCUT2D eigenvalue weighted by Gasteiger charge is -2.20. The monoisotopic (exact) mass is 193 g/mol. The highest BCUT2D eigenvalue weighted by Crippen LogP contribution is 2.59. The Bertz CT molecular complexity index is 205. The lowest BCUT2D eigenvalue weighted by Crippen LogP contribution is -2.18. The molecule has 0 aromatic heterocycles. The number of rotatable bonds is 2. The Morgan fingerprint density at radius 3 is 2.43 bits per heavy atom. The summed E-state index contributed by atoms with van der Waals surface area (Å²) in [5.41, 5.74) is 0.801. The van der Waals surface area contributed by atoms with E-state index in [-0.39, 0.29) is 0 Å². The summed E-state index contributed by atoms with van der Waals surface area (Å²) in [7, 11) is 0. The molecule has 1 aliphatic heterocycles. The van der Waals surface area contributed by atoms with Crippen LogP contribution < -0.4 is 5.32 Å². The molecule has 1 heteroatoms. The summed E-state index contributed by atoms with van der Waals surface area (Å²) in [5.74, 6) is 2.16. The lowest BCUT2D eigenvalue weighted by molar-refractivity contribution is 0.324. The van der Waals surface area contributed by atoms with Crippen LogP contribution in [0.5, 0.6) is 0 Å². The molecular weight excluding hydrogens is 170 g/mol. The maximum atomic E-state index is 3.57. The van der Waals surface area contributed by atoms with Gasteiger partial charge in [-0.15, -0.1) is 0 Å². The molecule has 0 spiro atoms. The first kappa shape index (κ1) is 9.21. The third kappa shape index (κ3) is 1.60. The summed E-state index contributed by atoms with van der Waals surface area (Å²) in [6.07, 6.45) is 12.2. The standard InChI is InChI=1S/C13H23N/c1-2-4-6-11(5-3-1)7-13-8-12(13)9-14-10-13/h11-12,14H,1-10H2. The number of fused-ring (bicyclic) bond motifs is 1. The van der Waals surface area contributed by atoms with E-state index in [9.17, 15) is 0 Å². The Balaban J connectivity index is 1.55. The topological polar surface area (TPSA) is 12.0 Å². The van der Waals surface area contributed by atoms with Crippen LogP contribution in [0.1, 0.15) is 51.4 Å². The van der Waals surface area contributed by atoms with Crippen LogP contribution in [0.15, 0.2) is 0 Å². The zero-order valence-electron chi connectivity index (χ0n) is 9.23. The van der Waals surface area contributed by atoms with Gasteiger partial charge in [-0.25, -0.2) is 0 Å². The van der Waals surface area contributed by atoms with Crippen molar-refractivity contribution in [3.8, 4) is 0 Å². The Morgan fingerprint density at radius 2 is 1.86 bits per heavy atom. The van der Waals surface area contributed by atoms with E-state index in [2.05, 4.69) is 5.32 Å². The van der Waals surface area contributed by atoms with Crippen molar-refractivity contribution in [2.75, 3.05) is 13.1 Å². The van der Waals surface area contributed by atoms with E-state index in [1.54, 1.807) is 12.8 Å². The molecule has 0 amide bonds. The van der Waals surface area contributed by atoms with Gasteiger partial charge in [0.2, 0.25) is 0 Å². The smallest absolute Gasteiger partial charge is 0.00113 e. The molecule has 1 heterocycles. The van der Waals surface area contributed by atoms with E-state index in [0.29, 0.717) is 0 Å². The fraction of sp³-hybridized carbons (Fsp3) is 1.00. The van der Waals surface area contributed by atoms with E-state index in [4.69, 9.17) is 0 Å². The van der Waals surface area contributed by atoms with Crippen molar-refractivity contribution in [3.63, 3.8) is 0 Å². The Labute approximate surface area is 87.7 Å². The minimum atomic E-state index is 0.801. The normalized spacial score (nSPS) is 43.3. The van der Waals surface area contributed by atoms with Gasteiger partial charge in [0.25, 0.3) is 0 Å². The summed E-state index contributed by atoms with van der Waals surface area (Å²) in [4.78, 5) is 0. The van der Waals surface area contributed by atoms with E-state index in [1.807, 2.05) is 0 Å². The molecule has 80 valence electrons. The fourth-order valence-corrected chi connectivity index (χ4v) is 3.90. The van der Waals surface area contributed by atoms with Crippen molar-refractivity contribution >= 4 is 0 Å². The van der Waals surface area contributed by atoms with Gasteiger partial charge in [0.15, 0.2) is 0 Å². The van der Waals surface area contributed by atoms with Gasteiger partial charge in [-0.1, -0.05) is 38.5 Å². The van der Waals surface area contributed by atoms with Gasteiger partial charge in [-0.2, -0.15) is 0 Å². The molecule has 1 saturated heterocycles. The summed E-state index contributed by atoms with van der Waals surface area (Å²) in [6, 6.07) is 0. The molecule has 2 saturated carbocycles. The maximum Gasteiger partial charge on any atom is 0.00113 e. The average Bonchev–Trinajstić information content (AvgIpc) is 2.83. The van der Waals surface area contributed by atoms with Crippen molar-refractivity contribution in [1.82, 2.24) is 5.32 Å². The molecule has 14 heavy (non-hydrogen) atoms. The van der Waals surface area contributed by atoms with Crippen LogP contribution in [0.3, 0.4) is 0 Å². The molecule has 1 N–H and O–H groups in total. The van der Waals surface area contributed by atoms with Crippen LogP contribution in [0.25, 0.3) is 0 Å². The van der Waals surface area contributed by atoms with Crippen molar-refractivity contribution in [3.05, 3.63) is 0 Å². The zero-order valence-corrected chi connectivity index (χ0v) is 9.23. The molecule has 0 aromatic carbocycles. The largest absolute Gasteiger partial charge is 0.316 e. The van der Waals surface area contributed by atoms with Gasteiger partial charge < -0.3 is 5.32 Å². The molecule has 0 aromatic rings. The molecule has 3 rings (SSSR count). The third-order valence-electron chi connectivity index (χ3n) is 4.90. The third-order valence-corrected chi connectivity index (χ3v) is 4.90. The SMILES string of the molecule is C1CCCC(CC23CNCC2C3)CC1. The molecule has 2 unspecified atom stereocenters. The van der Waals surface area contributed by atoms with E-state index < -0.39 is 0 Å². The maximum absolute atomic E-state index is 3.57. The summed E-state index contributed by atoms with van der Waals surface area (Å²) >= 11 is 0. The molecule has 3 aliphatic rings. The molecule has 0 radical (unpaired) electrons. The first-order valence-corrected chi connectivity index (χ1v) is 6.60. The average molecular weight is 193 g/mol. The highest BCUT2D eigenvalue weighted by atomic mass is 15.0. The zero-order chi connectivity index (χ0) is 9.43. The molecule has 2 atom stereocenters. The van der Waals surface area contributed by atoms with Crippen LogP contribution in [0, 0.1) is 17.3 Å². The molecule has 0 bridgehead atoms. The van der Waals surface area contributed by atoms with Gasteiger partial charge in [0, 0.05) is 6.54 Å². The number of hydrogen-bond donors (Lipinski definition) is 1. The second kappa shape index (κ2) is 3.52. The van der Waals surface area contributed by atoms with Crippen molar-refractivity contribution < 1.29 is 0 Å². The summed E-state index contributed by atoms with van der Waals surface area (Å²) in [6.45, 7) is 2.67. The second-order valence-electron chi connectivity index (χ2n) is 5.96. The first-order chi connectivity index (χ1) is 6.89. The second-order valence-corrected chi connectivity index (χ2v) is 5.96. The number of piperidine rings is 1. The summed E-state index contributed by atoms with van der Waals surface area (Å²) < 4.78 is 0. The van der Waals surface area contributed by atoms with Gasteiger partial charge in [-0.05, 0) is 36.6 Å². The minimum Gasteiger partial charge on any atom is -0.316 e. The van der Waals surface area contributed by atoms with Crippen LogP contribution in [0.2, 0.25) is 0 Å². The van der Waals surface area contributed by atoms with E-state index >= 15 is 0 Å². The Kier molecular flexibility index (Phi) is 2.31. The van der Waals surface area contributed by atoms with E-state index in [0.717, 1.165) is 17.3 Å². The van der Waals surface area contributed by atoms with Gasteiger partial charge in [0.05, 0.1) is 0 Å². The summed E-state index contributed by atoms with van der Waals surface area (Å²) in [5, 5.41) is 3.57. The highest BCUT2D eigenvalue weighted by molar-refractivity contribution is 5.09. The minimum absolute atomic E-state index is 0.801. The predicted octanol–water partition coefficient (Wildman–Crippen LogP) is 2.96. The molecule has 2 aliphatic carbocycles. The predicted molar refractivity (Wildman–Crippen MR) is 59.2 cm³/mol. The highest BCUT2D eigenvalue weighted by Gasteiger charge is 2.57. The van der Waals surface area contributed by atoms with E-state index in [1.165, 1.54) is 51.6 Å². The van der Waals surface area contributed by atoms with Gasteiger partial charge in [-0.3, -0.25) is 0 Å². The lowest BCUT2D eigenvalue weighted by atomic mass is 9.86. The van der Waals surface area contributed by atoms with Crippen LogP contribution in [-0.4, -0.2) is 13.1 Å². The number of hydrogen-bond acceptors (Lipinski definition) is 1. The Morgan fingerprint density at radius 1 is 1.07 bits per heavy atom. The van der Waals surface area contributed by atoms with Crippen molar-refractivity contribution in [2.45, 2.75) is 51.4 Å². The molecular formula is C13H23N. The van der Waals surface area contributed by atoms with Gasteiger partial charge >= 0.3 is 0 Å². The Hall–Kier alpha value is -0.0400. The fourth-order valence-electron chi connectivity index (χ4n) is 3.90. The van der Waals surface area contributed by atoms with Crippen LogP contribution >= 0.6 is 0 Å². The van der Waals surface area contributed by atoms with Gasteiger partial charge in [0.1, 0.15) is 0 Å². The van der Waals surface area contributed by atoms with Crippen molar-refractivity contribution in [2.24, 2.45) is 17.3 Å². The first-order valence-electron chi connectivity index (χ1n) is 6.60. The molecule has 1 nitrogen and oxygen atoms in total. The molecule has 3 fully saturated rings. The number of nitrogens with one attached hydrogen (secondary N) is 1. The quantitative estimate of drug-likeness (QED) is 0.665. The van der Waals surface area contributed by atoms with Crippen molar-refractivity contribution in [1.29, 1.82) is 0 Å². The van der Waals surface area contributed by atoms with Crippen LogP contribution in [0.4, 0.5) is 0 Å².